The molecule has 14 rings (SSSR count). The number of furan rings is 1. The molecular formula is C62H43N5O. The molecule has 5 aromatic heterocycles. The van der Waals surface area contributed by atoms with Crippen molar-refractivity contribution in [2.75, 3.05) is 0 Å². The highest BCUT2D eigenvalue weighted by molar-refractivity contribution is 6.14. The van der Waals surface area contributed by atoms with Gasteiger partial charge >= 0.3 is 0 Å². The first-order chi connectivity index (χ1) is 33.4. The summed E-state index contributed by atoms with van der Waals surface area (Å²) in [5, 5.41) is 8.30. The zero-order valence-corrected chi connectivity index (χ0v) is 37.8. The Morgan fingerprint density at radius 1 is 0.368 bits per heavy atom. The smallest absolute Gasteiger partial charge is 0.180 e. The van der Waals surface area contributed by atoms with E-state index in [4.69, 9.17) is 14.4 Å². The van der Waals surface area contributed by atoms with E-state index in [1.54, 1.807) is 6.33 Å². The van der Waals surface area contributed by atoms with E-state index in [0.29, 0.717) is 5.58 Å². The summed E-state index contributed by atoms with van der Waals surface area (Å²) in [6.07, 6.45) is 1.67. The van der Waals surface area contributed by atoms with Crippen LogP contribution < -0.4 is 0 Å². The molecule has 0 N–H and O–H groups in total. The average molecular weight is 874 g/mol. The molecule has 322 valence electrons. The lowest BCUT2D eigenvalue weighted by molar-refractivity contribution is 0.591. The maximum Gasteiger partial charge on any atom is 0.180 e. The van der Waals surface area contributed by atoms with Crippen molar-refractivity contribution in [3.8, 4) is 39.4 Å². The van der Waals surface area contributed by atoms with Crippen LogP contribution in [0.25, 0.3) is 127 Å². The van der Waals surface area contributed by atoms with Crippen molar-refractivity contribution in [3.05, 3.63) is 212 Å². The van der Waals surface area contributed by atoms with Gasteiger partial charge in [-0.3, -0.25) is 0 Å². The minimum Gasteiger partial charge on any atom is -0.452 e. The standard InChI is InChI=1S/C62H43N5O/c1-62(2,3)41-26-28-48-45-18-7-10-21-52(45)67(57(48)35-41)44-27-31-58-51(36-44)60-61(68-58)59(63-37-64-60)40-14-13-17-43(32-40)66-54-23-12-9-20-47(54)50-34-39(25-30-56(50)66)38-24-29-55-49(33-38)46-19-8-11-22-53(46)65(55)42-15-5-4-6-16-42/h4-37H,1-3H3. The van der Waals surface area contributed by atoms with Gasteiger partial charge in [-0.25, -0.2) is 9.97 Å². The van der Waals surface area contributed by atoms with Crippen molar-refractivity contribution in [2.45, 2.75) is 26.2 Å². The second kappa shape index (κ2) is 14.4. The van der Waals surface area contributed by atoms with Crippen LogP contribution in [0.2, 0.25) is 0 Å². The van der Waals surface area contributed by atoms with Crippen LogP contribution in [0.15, 0.2) is 211 Å². The van der Waals surface area contributed by atoms with Gasteiger partial charge in [0.15, 0.2) is 5.58 Å². The van der Waals surface area contributed by atoms with Crippen molar-refractivity contribution in [1.82, 2.24) is 23.7 Å². The van der Waals surface area contributed by atoms with Gasteiger partial charge in [0, 0.05) is 60.3 Å². The molecule has 14 aromatic rings. The summed E-state index contributed by atoms with van der Waals surface area (Å²) in [7, 11) is 0. The largest absolute Gasteiger partial charge is 0.452 e. The van der Waals surface area contributed by atoms with Gasteiger partial charge in [0.2, 0.25) is 0 Å². The van der Waals surface area contributed by atoms with Crippen molar-refractivity contribution in [2.24, 2.45) is 0 Å². The summed E-state index contributed by atoms with van der Waals surface area (Å²) >= 11 is 0. The molecule has 5 heterocycles. The summed E-state index contributed by atoms with van der Waals surface area (Å²) in [4.78, 5) is 9.75. The van der Waals surface area contributed by atoms with Gasteiger partial charge in [-0.15, -0.1) is 0 Å². The molecule has 0 amide bonds. The minimum atomic E-state index is 0.0138. The van der Waals surface area contributed by atoms with E-state index in [-0.39, 0.29) is 5.41 Å². The molecule has 9 aromatic carbocycles. The summed E-state index contributed by atoms with van der Waals surface area (Å²) < 4.78 is 13.8. The summed E-state index contributed by atoms with van der Waals surface area (Å²) in [6.45, 7) is 6.81. The SMILES string of the molecule is CC(C)(C)c1ccc2c3ccccc3n(-c3ccc4oc5c(-c6cccc(-n7c8ccccc8c8cc(-c9ccc%10c(c9)c9ccccc9n%10-c9ccccc9)ccc87)c6)ncnc5c4c3)c2c1. The topological polar surface area (TPSA) is 53.7 Å². The second-order valence-electron chi connectivity index (χ2n) is 19.1. The van der Waals surface area contributed by atoms with Crippen LogP contribution >= 0.6 is 0 Å². The number of benzene rings is 9. The molecule has 0 bridgehead atoms. The molecular weight excluding hydrogens is 831 g/mol. The normalized spacial score (nSPS) is 12.3. The van der Waals surface area contributed by atoms with E-state index in [0.717, 1.165) is 55.8 Å². The van der Waals surface area contributed by atoms with Crippen molar-refractivity contribution >= 4 is 87.5 Å². The van der Waals surface area contributed by atoms with E-state index in [2.05, 4.69) is 235 Å². The number of hydrogen-bond acceptors (Lipinski definition) is 3. The highest BCUT2D eigenvalue weighted by Crippen LogP contribution is 2.41. The lowest BCUT2D eigenvalue weighted by Crippen LogP contribution is -2.10. The summed E-state index contributed by atoms with van der Waals surface area (Å²) in [5.41, 5.74) is 17.9. The molecule has 0 atom stereocenters. The molecule has 0 saturated carbocycles. The van der Waals surface area contributed by atoms with Crippen LogP contribution in [0, 0.1) is 0 Å². The van der Waals surface area contributed by atoms with Gasteiger partial charge in [0.1, 0.15) is 23.1 Å². The zero-order chi connectivity index (χ0) is 45.3. The molecule has 6 heteroatoms. The fourth-order valence-corrected chi connectivity index (χ4v) is 10.9. The molecule has 0 spiro atoms. The van der Waals surface area contributed by atoms with Gasteiger partial charge in [-0.2, -0.15) is 0 Å². The number of para-hydroxylation sites is 4. The van der Waals surface area contributed by atoms with Gasteiger partial charge in [0.05, 0.1) is 33.1 Å². The monoisotopic (exact) mass is 873 g/mol. The average Bonchev–Trinajstić information content (AvgIpc) is 4.12. The number of nitrogens with zero attached hydrogens (tertiary/aromatic N) is 5. The molecule has 0 aliphatic carbocycles. The van der Waals surface area contributed by atoms with E-state index >= 15 is 0 Å². The number of rotatable bonds is 5. The molecule has 0 fully saturated rings. The van der Waals surface area contributed by atoms with Crippen LogP contribution in [-0.2, 0) is 5.41 Å². The Balaban J connectivity index is 0.879. The predicted molar refractivity (Wildman–Crippen MR) is 282 cm³/mol. The fourth-order valence-electron chi connectivity index (χ4n) is 10.9. The Labute approximate surface area is 391 Å². The first-order valence-electron chi connectivity index (χ1n) is 23.3. The van der Waals surface area contributed by atoms with Crippen LogP contribution in [0.3, 0.4) is 0 Å². The third-order valence-electron chi connectivity index (χ3n) is 14.1. The summed E-state index contributed by atoms with van der Waals surface area (Å²) in [5.74, 6) is 0. The van der Waals surface area contributed by atoms with Gasteiger partial charge < -0.3 is 18.1 Å². The molecule has 0 aliphatic rings. The summed E-state index contributed by atoms with van der Waals surface area (Å²) in [6, 6.07) is 72.5. The van der Waals surface area contributed by atoms with Crippen molar-refractivity contribution in [3.63, 3.8) is 0 Å². The maximum atomic E-state index is 6.71. The van der Waals surface area contributed by atoms with E-state index in [1.807, 2.05) is 0 Å². The third kappa shape index (κ3) is 5.70. The lowest BCUT2D eigenvalue weighted by Gasteiger charge is -2.19. The van der Waals surface area contributed by atoms with E-state index in [9.17, 15) is 0 Å². The lowest BCUT2D eigenvalue weighted by atomic mass is 9.86. The van der Waals surface area contributed by atoms with Crippen LogP contribution in [0.4, 0.5) is 0 Å². The first-order valence-corrected chi connectivity index (χ1v) is 23.3. The minimum absolute atomic E-state index is 0.0138. The van der Waals surface area contributed by atoms with Crippen molar-refractivity contribution in [1.29, 1.82) is 0 Å². The zero-order valence-electron chi connectivity index (χ0n) is 37.8. The Kier molecular flexibility index (Phi) is 8.15. The highest BCUT2D eigenvalue weighted by atomic mass is 16.3. The number of hydrogen-bond donors (Lipinski definition) is 0. The molecule has 68 heavy (non-hydrogen) atoms. The Hall–Kier alpha value is -8.74. The van der Waals surface area contributed by atoms with Crippen LogP contribution in [0.5, 0.6) is 0 Å². The Morgan fingerprint density at radius 2 is 0.912 bits per heavy atom. The highest BCUT2D eigenvalue weighted by Gasteiger charge is 2.22. The van der Waals surface area contributed by atoms with Gasteiger partial charge in [-0.1, -0.05) is 130 Å². The van der Waals surface area contributed by atoms with Crippen LogP contribution in [0.1, 0.15) is 26.3 Å². The molecule has 0 aliphatic heterocycles. The quantitative estimate of drug-likeness (QED) is 0.173. The fraction of sp³-hybridized carbons (Fsp3) is 0.0645. The Bertz CT molecular complexity index is 4370. The maximum absolute atomic E-state index is 6.71. The predicted octanol–water partition coefficient (Wildman–Crippen LogP) is 16.3. The van der Waals surface area contributed by atoms with Gasteiger partial charge in [-0.05, 0) is 113 Å². The van der Waals surface area contributed by atoms with E-state index < -0.39 is 0 Å². The van der Waals surface area contributed by atoms with E-state index in [1.165, 1.54) is 71.1 Å². The molecule has 6 nitrogen and oxygen atoms in total. The van der Waals surface area contributed by atoms with Crippen LogP contribution in [-0.4, -0.2) is 23.7 Å². The molecule has 0 radical (unpaired) electrons. The number of fused-ring (bicyclic) bond motifs is 12. The molecule has 0 unspecified atom stereocenters. The Morgan fingerprint density at radius 3 is 1.57 bits per heavy atom. The second-order valence-corrected chi connectivity index (χ2v) is 19.1. The third-order valence-corrected chi connectivity index (χ3v) is 14.1. The van der Waals surface area contributed by atoms with Crippen molar-refractivity contribution < 1.29 is 4.42 Å². The first kappa shape index (κ1) is 38.5. The number of aromatic nitrogens is 5. The van der Waals surface area contributed by atoms with Gasteiger partial charge in [0.25, 0.3) is 0 Å². The molecule has 0 saturated heterocycles.